The van der Waals surface area contributed by atoms with Gasteiger partial charge in [0.2, 0.25) is 0 Å². The van der Waals surface area contributed by atoms with Gasteiger partial charge in [-0.1, -0.05) is 30.3 Å². The van der Waals surface area contributed by atoms with Crippen LogP contribution >= 0.6 is 0 Å². The Morgan fingerprint density at radius 3 is 1.82 bits per heavy atom. The average Bonchev–Trinajstić information content (AvgIpc) is 3.01. The van der Waals surface area contributed by atoms with Crippen molar-refractivity contribution in [3.05, 3.63) is 102 Å². The van der Waals surface area contributed by atoms with Crippen LogP contribution in [0.15, 0.2) is 84.9 Å². The molecule has 0 heterocycles. The largest absolute Gasteiger partial charge is 0.487 e. The van der Waals surface area contributed by atoms with Gasteiger partial charge >= 0.3 is 30.0 Å². The predicted molar refractivity (Wildman–Crippen MR) is 150 cm³/mol. The van der Waals surface area contributed by atoms with Crippen molar-refractivity contribution in [1.82, 2.24) is 0 Å². The Morgan fingerprint density at radius 1 is 0.636 bits per heavy atom. The smallest absolute Gasteiger partial charge is 0.456 e. The highest BCUT2D eigenvalue weighted by atomic mass is 19.4. The minimum Gasteiger partial charge on any atom is -0.487 e. The topological polar surface area (TPSA) is 88.1 Å². The number of hydrogen-bond acceptors (Lipinski definition) is 7. The van der Waals surface area contributed by atoms with Crippen LogP contribution in [0.2, 0.25) is 0 Å². The quantitative estimate of drug-likeness (QED) is 0.0573. The van der Waals surface area contributed by atoms with E-state index in [0.29, 0.717) is 30.6 Å². The molecule has 0 spiro atoms. The molecule has 0 amide bonds. The highest BCUT2D eigenvalue weighted by Crippen LogP contribution is 2.35. The van der Waals surface area contributed by atoms with Gasteiger partial charge in [0.15, 0.2) is 6.61 Å². The first kappa shape index (κ1) is 33.8. The number of carbonyl (C=O) groups excluding carboxylic acids is 3. The van der Waals surface area contributed by atoms with E-state index in [1.807, 2.05) is 6.07 Å². The van der Waals surface area contributed by atoms with E-state index in [1.165, 1.54) is 24.3 Å². The van der Waals surface area contributed by atoms with Crippen LogP contribution in [-0.2, 0) is 14.3 Å². The standard InChI is InChI=1S/C32H29F5O7/c33-31(34,32(35,36)37)22-43-26-17-13-25(14-18-26)30(40)44-27-15-10-23(11-16-27)12-19-28(38)41-20-6-1-2-7-21-42-29(39)24-8-4-3-5-9-24/h3-5,8-19H,1-2,6-7,20-22H2/b19-12+. The number of carbonyl (C=O) groups is 3. The molecular weight excluding hydrogens is 591 g/mol. The number of ether oxygens (including phenoxy) is 4. The van der Waals surface area contributed by atoms with Gasteiger partial charge in [-0.15, -0.1) is 0 Å². The van der Waals surface area contributed by atoms with E-state index in [0.717, 1.165) is 37.1 Å². The van der Waals surface area contributed by atoms with E-state index in [1.54, 1.807) is 36.4 Å². The molecule has 0 aliphatic rings. The number of hydrogen-bond donors (Lipinski definition) is 0. The average molecular weight is 621 g/mol. The van der Waals surface area contributed by atoms with E-state index in [4.69, 9.17) is 14.2 Å². The molecule has 3 aromatic rings. The predicted octanol–water partition coefficient (Wildman–Crippen LogP) is 7.46. The second-order valence-corrected chi connectivity index (χ2v) is 9.39. The van der Waals surface area contributed by atoms with Gasteiger partial charge in [0, 0.05) is 6.08 Å². The first-order chi connectivity index (χ1) is 20.9. The maximum atomic E-state index is 13.0. The van der Waals surface area contributed by atoms with Crippen LogP contribution < -0.4 is 9.47 Å². The molecule has 0 unspecified atom stereocenters. The monoisotopic (exact) mass is 620 g/mol. The number of esters is 3. The lowest BCUT2D eigenvalue weighted by Gasteiger charge is -2.19. The zero-order valence-corrected chi connectivity index (χ0v) is 23.4. The molecular formula is C32H29F5O7. The molecule has 0 bridgehead atoms. The molecule has 12 heteroatoms. The molecule has 3 aromatic carbocycles. The van der Waals surface area contributed by atoms with E-state index >= 15 is 0 Å². The van der Waals surface area contributed by atoms with Crippen LogP contribution in [0.4, 0.5) is 22.0 Å². The Morgan fingerprint density at radius 2 is 1.20 bits per heavy atom. The summed E-state index contributed by atoms with van der Waals surface area (Å²) in [6.45, 7) is -1.33. The second kappa shape index (κ2) is 16.2. The molecule has 0 saturated carbocycles. The van der Waals surface area contributed by atoms with Gasteiger partial charge in [-0.25, -0.2) is 14.4 Å². The van der Waals surface area contributed by atoms with Crippen molar-refractivity contribution in [2.24, 2.45) is 0 Å². The van der Waals surface area contributed by atoms with Crippen molar-refractivity contribution in [3.63, 3.8) is 0 Å². The molecule has 0 fully saturated rings. The molecule has 0 aliphatic carbocycles. The van der Waals surface area contributed by atoms with Crippen LogP contribution in [-0.4, -0.2) is 49.8 Å². The molecule has 7 nitrogen and oxygen atoms in total. The van der Waals surface area contributed by atoms with Crippen molar-refractivity contribution in [2.75, 3.05) is 19.8 Å². The fourth-order valence-electron chi connectivity index (χ4n) is 3.52. The molecule has 44 heavy (non-hydrogen) atoms. The molecule has 0 N–H and O–H groups in total. The Labute approximate surface area is 250 Å². The van der Waals surface area contributed by atoms with Crippen molar-refractivity contribution in [2.45, 2.75) is 37.8 Å². The number of alkyl halides is 5. The van der Waals surface area contributed by atoms with Crippen LogP contribution in [0.1, 0.15) is 52.0 Å². The second-order valence-electron chi connectivity index (χ2n) is 9.39. The third kappa shape index (κ3) is 11.2. The van der Waals surface area contributed by atoms with Crippen LogP contribution in [0.3, 0.4) is 0 Å². The lowest BCUT2D eigenvalue weighted by Crippen LogP contribution is -2.41. The highest BCUT2D eigenvalue weighted by molar-refractivity contribution is 5.91. The lowest BCUT2D eigenvalue weighted by molar-refractivity contribution is -0.290. The Balaban J connectivity index is 1.31. The summed E-state index contributed by atoms with van der Waals surface area (Å²) in [4.78, 5) is 36.1. The first-order valence-corrected chi connectivity index (χ1v) is 13.5. The van der Waals surface area contributed by atoms with E-state index in [9.17, 15) is 36.3 Å². The number of benzene rings is 3. The first-order valence-electron chi connectivity index (χ1n) is 13.5. The summed E-state index contributed by atoms with van der Waals surface area (Å²) < 4.78 is 82.8. The van der Waals surface area contributed by atoms with Gasteiger partial charge in [-0.2, -0.15) is 22.0 Å². The normalized spacial score (nSPS) is 11.7. The van der Waals surface area contributed by atoms with Gasteiger partial charge in [0.1, 0.15) is 11.5 Å². The Kier molecular flexibility index (Phi) is 12.4. The molecule has 0 aliphatic heterocycles. The molecule has 0 radical (unpaired) electrons. The molecule has 0 saturated heterocycles. The van der Waals surface area contributed by atoms with Crippen molar-refractivity contribution in [1.29, 1.82) is 0 Å². The van der Waals surface area contributed by atoms with Crippen molar-refractivity contribution >= 4 is 24.0 Å². The van der Waals surface area contributed by atoms with Crippen molar-refractivity contribution < 1.29 is 55.3 Å². The summed E-state index contributed by atoms with van der Waals surface area (Å²) in [6.07, 6.45) is 0.0377. The number of unbranched alkanes of at least 4 members (excludes halogenated alkanes) is 3. The van der Waals surface area contributed by atoms with E-state index in [-0.39, 0.29) is 29.6 Å². The highest BCUT2D eigenvalue weighted by Gasteiger charge is 2.58. The van der Waals surface area contributed by atoms with Gasteiger partial charge in [-0.05, 0) is 85.9 Å². The van der Waals surface area contributed by atoms with E-state index in [2.05, 4.69) is 4.74 Å². The summed E-state index contributed by atoms with van der Waals surface area (Å²) in [5.74, 6) is -6.79. The molecule has 3 rings (SSSR count). The van der Waals surface area contributed by atoms with Gasteiger partial charge in [0.05, 0.1) is 24.3 Å². The fraction of sp³-hybridized carbons (Fsp3) is 0.281. The lowest BCUT2D eigenvalue weighted by atomic mass is 10.2. The van der Waals surface area contributed by atoms with Gasteiger partial charge in [0.25, 0.3) is 0 Å². The summed E-state index contributed by atoms with van der Waals surface area (Å²) in [5, 5.41) is 0. The third-order valence-electron chi connectivity index (χ3n) is 5.95. The zero-order chi connectivity index (χ0) is 32.0. The fourth-order valence-corrected chi connectivity index (χ4v) is 3.52. The minimum absolute atomic E-state index is 0.0122. The SMILES string of the molecule is O=C(/C=C/c1ccc(OC(=O)c2ccc(OCC(F)(F)C(F)(F)F)cc2)cc1)OCCCCCCOC(=O)c1ccccc1. The molecule has 0 atom stereocenters. The maximum absolute atomic E-state index is 13.0. The summed E-state index contributed by atoms with van der Waals surface area (Å²) >= 11 is 0. The molecule has 0 aromatic heterocycles. The zero-order valence-electron chi connectivity index (χ0n) is 23.4. The van der Waals surface area contributed by atoms with Gasteiger partial charge in [-0.3, -0.25) is 0 Å². The Bertz CT molecular complexity index is 1390. The Hall–Kier alpha value is -4.74. The maximum Gasteiger partial charge on any atom is 0.456 e. The summed E-state index contributed by atoms with van der Waals surface area (Å²) in [7, 11) is 0. The minimum atomic E-state index is -5.74. The van der Waals surface area contributed by atoms with Crippen molar-refractivity contribution in [3.8, 4) is 11.5 Å². The number of halogens is 5. The third-order valence-corrected chi connectivity index (χ3v) is 5.95. The molecule has 234 valence electrons. The van der Waals surface area contributed by atoms with Crippen LogP contribution in [0, 0.1) is 0 Å². The number of rotatable bonds is 15. The summed E-state index contributed by atoms with van der Waals surface area (Å²) in [5.41, 5.74) is 1.15. The van der Waals surface area contributed by atoms with Crippen LogP contribution in [0.25, 0.3) is 6.08 Å². The van der Waals surface area contributed by atoms with E-state index < -0.39 is 30.6 Å². The summed E-state index contributed by atoms with van der Waals surface area (Å²) in [6, 6.07) is 19.4. The van der Waals surface area contributed by atoms with Crippen LogP contribution in [0.5, 0.6) is 11.5 Å². The van der Waals surface area contributed by atoms with Gasteiger partial charge < -0.3 is 18.9 Å².